The molecular formula is C18H18N4O2S. The molecule has 1 heterocycles. The van der Waals surface area contributed by atoms with Gasteiger partial charge in [0.15, 0.2) is 5.16 Å². The van der Waals surface area contributed by atoms with Gasteiger partial charge in [0, 0.05) is 23.6 Å². The van der Waals surface area contributed by atoms with Gasteiger partial charge in [-0.15, -0.1) is 10.2 Å². The Bertz CT molecular complexity index is 919. The lowest BCUT2D eigenvalue weighted by atomic mass is 10.1. The first-order valence-electron chi connectivity index (χ1n) is 7.81. The zero-order valence-corrected chi connectivity index (χ0v) is 15.1. The van der Waals surface area contributed by atoms with E-state index in [9.17, 15) is 10.1 Å². The Morgan fingerprint density at radius 3 is 2.40 bits per heavy atom. The van der Waals surface area contributed by atoms with Crippen LogP contribution in [-0.2, 0) is 5.75 Å². The highest BCUT2D eigenvalue weighted by molar-refractivity contribution is 7.98. The van der Waals surface area contributed by atoms with Crippen LogP contribution < -0.4 is 0 Å². The Hall–Kier alpha value is -2.67. The lowest BCUT2D eigenvalue weighted by Crippen LogP contribution is -2.00. The molecule has 7 heteroatoms. The molecule has 3 aromatic rings. The molecule has 2 aromatic carbocycles. The fourth-order valence-electron chi connectivity index (χ4n) is 2.46. The molecule has 0 bridgehead atoms. The molecule has 0 aliphatic rings. The van der Waals surface area contributed by atoms with Crippen molar-refractivity contribution in [3.05, 3.63) is 75.1 Å². The molecule has 3 rings (SSSR count). The van der Waals surface area contributed by atoms with Crippen LogP contribution in [0.15, 0.2) is 47.6 Å². The number of hydrogen-bond acceptors (Lipinski definition) is 5. The van der Waals surface area contributed by atoms with E-state index in [1.165, 1.54) is 23.3 Å². The van der Waals surface area contributed by atoms with Gasteiger partial charge in [0.2, 0.25) is 0 Å². The van der Waals surface area contributed by atoms with Crippen LogP contribution in [0, 0.1) is 30.9 Å². The highest BCUT2D eigenvalue weighted by Gasteiger charge is 2.13. The van der Waals surface area contributed by atoms with E-state index >= 15 is 0 Å². The SMILES string of the molecule is Cc1ccc(-n2c(C)nnc2SCc2ccc([N+](=O)[O-])cc2)cc1C. The van der Waals surface area contributed by atoms with Crippen LogP contribution in [0.3, 0.4) is 0 Å². The number of nitro groups is 1. The van der Waals surface area contributed by atoms with Gasteiger partial charge in [-0.25, -0.2) is 0 Å². The second-order valence-electron chi connectivity index (χ2n) is 5.85. The summed E-state index contributed by atoms with van der Waals surface area (Å²) in [6, 6.07) is 12.9. The summed E-state index contributed by atoms with van der Waals surface area (Å²) in [4.78, 5) is 10.3. The lowest BCUT2D eigenvalue weighted by molar-refractivity contribution is -0.384. The maximum Gasteiger partial charge on any atom is 0.269 e. The van der Waals surface area contributed by atoms with E-state index in [-0.39, 0.29) is 5.69 Å². The van der Waals surface area contributed by atoms with Crippen molar-refractivity contribution in [2.24, 2.45) is 0 Å². The number of thioether (sulfide) groups is 1. The molecule has 25 heavy (non-hydrogen) atoms. The van der Waals surface area contributed by atoms with Gasteiger partial charge >= 0.3 is 0 Å². The van der Waals surface area contributed by atoms with Gasteiger partial charge in [-0.1, -0.05) is 30.0 Å². The molecular weight excluding hydrogens is 336 g/mol. The van der Waals surface area contributed by atoms with Gasteiger partial charge in [-0.05, 0) is 49.6 Å². The number of nitrogens with zero attached hydrogens (tertiary/aromatic N) is 4. The molecule has 0 saturated carbocycles. The summed E-state index contributed by atoms with van der Waals surface area (Å²) < 4.78 is 2.03. The molecule has 6 nitrogen and oxygen atoms in total. The van der Waals surface area contributed by atoms with Crippen molar-refractivity contribution >= 4 is 17.4 Å². The Balaban J connectivity index is 1.82. The molecule has 0 aliphatic carbocycles. The number of hydrogen-bond donors (Lipinski definition) is 0. The van der Waals surface area contributed by atoms with E-state index in [0.717, 1.165) is 22.2 Å². The van der Waals surface area contributed by atoms with Crippen LogP contribution in [0.5, 0.6) is 0 Å². The van der Waals surface area contributed by atoms with Crippen LogP contribution in [0.4, 0.5) is 5.69 Å². The highest BCUT2D eigenvalue weighted by Crippen LogP contribution is 2.26. The van der Waals surface area contributed by atoms with Gasteiger partial charge in [-0.2, -0.15) is 0 Å². The average Bonchev–Trinajstić information content (AvgIpc) is 2.96. The first-order chi connectivity index (χ1) is 12.0. The number of aromatic nitrogens is 3. The summed E-state index contributed by atoms with van der Waals surface area (Å²) >= 11 is 1.56. The van der Waals surface area contributed by atoms with Crippen LogP contribution in [0.1, 0.15) is 22.5 Å². The molecule has 0 saturated heterocycles. The summed E-state index contributed by atoms with van der Waals surface area (Å²) in [5.41, 5.74) is 4.61. The van der Waals surface area contributed by atoms with E-state index in [4.69, 9.17) is 0 Å². The van der Waals surface area contributed by atoms with Gasteiger partial charge in [0.1, 0.15) is 5.82 Å². The zero-order valence-electron chi connectivity index (χ0n) is 14.3. The van der Waals surface area contributed by atoms with Crippen molar-refractivity contribution < 1.29 is 4.92 Å². The summed E-state index contributed by atoms with van der Waals surface area (Å²) in [6.45, 7) is 6.10. The van der Waals surface area contributed by atoms with Crippen LogP contribution in [-0.4, -0.2) is 19.7 Å². The summed E-state index contributed by atoms with van der Waals surface area (Å²) in [7, 11) is 0. The Kier molecular flexibility index (Phi) is 4.85. The van der Waals surface area contributed by atoms with Crippen molar-refractivity contribution in [3.8, 4) is 5.69 Å². The standard InChI is InChI=1S/C18H18N4O2S/c1-12-4-7-17(10-13(12)2)21-14(3)19-20-18(21)25-11-15-5-8-16(9-6-15)22(23)24/h4-10H,11H2,1-3H3. The maximum atomic E-state index is 10.7. The van der Waals surface area contributed by atoms with E-state index in [1.807, 2.05) is 11.5 Å². The number of benzene rings is 2. The first-order valence-corrected chi connectivity index (χ1v) is 8.80. The van der Waals surface area contributed by atoms with Gasteiger partial charge in [0.25, 0.3) is 5.69 Å². The molecule has 0 unspecified atom stereocenters. The third-order valence-corrected chi connectivity index (χ3v) is 5.06. The number of nitro benzene ring substituents is 1. The van der Waals surface area contributed by atoms with E-state index in [0.29, 0.717) is 5.75 Å². The molecule has 0 fully saturated rings. The lowest BCUT2D eigenvalue weighted by Gasteiger charge is -2.10. The summed E-state index contributed by atoms with van der Waals surface area (Å²) in [6.07, 6.45) is 0. The fourth-order valence-corrected chi connectivity index (χ4v) is 3.41. The summed E-state index contributed by atoms with van der Waals surface area (Å²) in [5, 5.41) is 20.0. The Morgan fingerprint density at radius 2 is 1.76 bits per heavy atom. The van der Waals surface area contributed by atoms with E-state index in [1.54, 1.807) is 23.9 Å². The maximum absolute atomic E-state index is 10.7. The monoisotopic (exact) mass is 354 g/mol. The van der Waals surface area contributed by atoms with Crippen molar-refractivity contribution in [2.75, 3.05) is 0 Å². The Labute approximate surface area is 150 Å². The van der Waals surface area contributed by atoms with Crippen molar-refractivity contribution in [3.63, 3.8) is 0 Å². The zero-order chi connectivity index (χ0) is 18.0. The van der Waals surface area contributed by atoms with Gasteiger partial charge < -0.3 is 0 Å². The molecule has 0 radical (unpaired) electrons. The fraction of sp³-hybridized carbons (Fsp3) is 0.222. The molecule has 0 amide bonds. The number of non-ortho nitro benzene ring substituents is 1. The van der Waals surface area contributed by atoms with Gasteiger partial charge in [0.05, 0.1) is 4.92 Å². The predicted molar refractivity (Wildman–Crippen MR) is 98.2 cm³/mol. The van der Waals surface area contributed by atoms with Crippen molar-refractivity contribution in [1.29, 1.82) is 0 Å². The minimum Gasteiger partial charge on any atom is -0.274 e. The first kappa shape index (κ1) is 17.2. The molecule has 0 spiro atoms. The number of rotatable bonds is 5. The Morgan fingerprint density at radius 1 is 1.04 bits per heavy atom. The van der Waals surface area contributed by atoms with Crippen LogP contribution in [0.25, 0.3) is 5.69 Å². The van der Waals surface area contributed by atoms with E-state index in [2.05, 4.69) is 42.2 Å². The quantitative estimate of drug-likeness (QED) is 0.386. The molecule has 0 atom stereocenters. The minimum atomic E-state index is -0.392. The second kappa shape index (κ2) is 7.06. The smallest absolute Gasteiger partial charge is 0.269 e. The van der Waals surface area contributed by atoms with Crippen LogP contribution >= 0.6 is 11.8 Å². The summed E-state index contributed by atoms with van der Waals surface area (Å²) in [5.74, 6) is 1.50. The number of aryl methyl sites for hydroxylation is 3. The normalized spacial score (nSPS) is 10.8. The largest absolute Gasteiger partial charge is 0.274 e. The molecule has 128 valence electrons. The second-order valence-corrected chi connectivity index (χ2v) is 6.79. The molecule has 0 aliphatic heterocycles. The predicted octanol–water partition coefficient (Wildman–Crippen LogP) is 4.39. The highest BCUT2D eigenvalue weighted by atomic mass is 32.2. The third kappa shape index (κ3) is 3.71. The average molecular weight is 354 g/mol. The van der Waals surface area contributed by atoms with Crippen LogP contribution in [0.2, 0.25) is 0 Å². The van der Waals surface area contributed by atoms with Crippen molar-refractivity contribution in [2.45, 2.75) is 31.7 Å². The topological polar surface area (TPSA) is 73.8 Å². The molecule has 0 N–H and O–H groups in total. The third-order valence-electron chi connectivity index (χ3n) is 4.06. The van der Waals surface area contributed by atoms with Crippen molar-refractivity contribution in [1.82, 2.24) is 14.8 Å². The molecule has 1 aromatic heterocycles. The van der Waals surface area contributed by atoms with Gasteiger partial charge in [-0.3, -0.25) is 14.7 Å². The van der Waals surface area contributed by atoms with E-state index < -0.39 is 4.92 Å². The minimum absolute atomic E-state index is 0.0999.